The second-order valence-electron chi connectivity index (χ2n) is 5.78. The summed E-state index contributed by atoms with van der Waals surface area (Å²) in [6.07, 6.45) is 0.955. The number of aliphatic carboxylic acids is 1. The maximum Gasteiger partial charge on any atom is 0.307 e. The lowest BCUT2D eigenvalue weighted by atomic mass is 9.99. The average Bonchev–Trinajstić information content (AvgIpc) is 2.50. The number of hydrogen-bond acceptors (Lipinski definition) is 2. The van der Waals surface area contributed by atoms with Crippen molar-refractivity contribution in [2.75, 3.05) is 0 Å². The highest BCUT2D eigenvalue weighted by atomic mass is 35.5. The minimum atomic E-state index is -0.890. The van der Waals surface area contributed by atoms with Crippen molar-refractivity contribution >= 4 is 17.6 Å². The lowest BCUT2D eigenvalue weighted by molar-refractivity contribution is -0.136. The summed E-state index contributed by atoms with van der Waals surface area (Å²) in [4.78, 5) is 11.0. The first-order chi connectivity index (χ1) is 10.9. The number of benzene rings is 2. The number of ether oxygens (including phenoxy) is 1. The molecule has 0 saturated carbocycles. The van der Waals surface area contributed by atoms with Crippen LogP contribution in [0.3, 0.4) is 0 Å². The van der Waals surface area contributed by atoms with Crippen LogP contribution in [0.4, 0.5) is 0 Å². The molecule has 0 aliphatic carbocycles. The maximum absolute atomic E-state index is 11.0. The van der Waals surface area contributed by atoms with Gasteiger partial charge in [0.2, 0.25) is 0 Å². The Bertz CT molecular complexity index is 710. The average molecular weight is 333 g/mol. The number of aryl methyl sites for hydroxylation is 1. The molecule has 0 bridgehead atoms. The van der Waals surface area contributed by atoms with Gasteiger partial charge in [0.15, 0.2) is 0 Å². The molecule has 4 heteroatoms. The molecule has 23 heavy (non-hydrogen) atoms. The number of rotatable bonds is 6. The Morgan fingerprint density at radius 1 is 1.22 bits per heavy atom. The second kappa shape index (κ2) is 7.51. The molecule has 2 rings (SSSR count). The largest absolute Gasteiger partial charge is 0.481 e. The van der Waals surface area contributed by atoms with Crippen LogP contribution in [0.1, 0.15) is 42.9 Å². The molecule has 2 aromatic rings. The van der Waals surface area contributed by atoms with Gasteiger partial charge in [-0.05, 0) is 43.0 Å². The molecule has 0 aliphatic heterocycles. The van der Waals surface area contributed by atoms with Gasteiger partial charge in [0.25, 0.3) is 0 Å². The maximum atomic E-state index is 11.0. The van der Waals surface area contributed by atoms with E-state index in [-0.39, 0.29) is 6.42 Å². The molecular formula is C19H21ClO3. The molecule has 0 aliphatic rings. The summed E-state index contributed by atoms with van der Waals surface area (Å²) in [6.45, 7) is 6.20. The number of carboxylic acid groups (broad SMARTS) is 1. The molecule has 122 valence electrons. The normalized spacial score (nSPS) is 12.0. The van der Waals surface area contributed by atoms with Gasteiger partial charge >= 0.3 is 5.97 Å². The molecule has 0 fully saturated rings. The number of halogens is 1. The Labute approximate surface area is 141 Å². The Balaban J connectivity index is 2.30. The lowest BCUT2D eigenvalue weighted by Crippen LogP contribution is -2.02. The Morgan fingerprint density at radius 3 is 2.52 bits per heavy atom. The highest BCUT2D eigenvalue weighted by Gasteiger charge is 2.12. The van der Waals surface area contributed by atoms with Crippen LogP contribution in [-0.2, 0) is 11.2 Å². The zero-order valence-electron chi connectivity index (χ0n) is 13.6. The van der Waals surface area contributed by atoms with Crippen LogP contribution in [0.25, 0.3) is 0 Å². The van der Waals surface area contributed by atoms with E-state index in [1.165, 1.54) is 5.56 Å². The lowest BCUT2D eigenvalue weighted by Gasteiger charge is -2.14. The fraction of sp³-hybridized carbons (Fsp3) is 0.316. The Morgan fingerprint density at radius 2 is 1.91 bits per heavy atom. The third-order valence-corrected chi connectivity index (χ3v) is 4.21. The molecule has 0 unspecified atom stereocenters. The minimum Gasteiger partial charge on any atom is -0.481 e. The summed E-state index contributed by atoms with van der Waals surface area (Å²) in [7, 11) is 0. The van der Waals surface area contributed by atoms with E-state index in [0.29, 0.717) is 28.0 Å². The van der Waals surface area contributed by atoms with Gasteiger partial charge in [-0.3, -0.25) is 4.79 Å². The predicted octanol–water partition coefficient (Wildman–Crippen LogP) is 5.58. The van der Waals surface area contributed by atoms with E-state index in [0.717, 1.165) is 12.0 Å². The van der Waals surface area contributed by atoms with E-state index in [4.69, 9.17) is 21.4 Å². The van der Waals surface area contributed by atoms with E-state index >= 15 is 0 Å². The van der Waals surface area contributed by atoms with Gasteiger partial charge in [0, 0.05) is 5.56 Å². The van der Waals surface area contributed by atoms with E-state index in [9.17, 15) is 4.79 Å². The van der Waals surface area contributed by atoms with Crippen molar-refractivity contribution in [2.24, 2.45) is 0 Å². The van der Waals surface area contributed by atoms with Crippen molar-refractivity contribution in [3.05, 3.63) is 58.1 Å². The van der Waals surface area contributed by atoms with Gasteiger partial charge < -0.3 is 9.84 Å². The number of hydrogen-bond donors (Lipinski definition) is 1. The fourth-order valence-corrected chi connectivity index (χ4v) is 2.60. The SMILES string of the molecule is CC[C@H](C)c1ccc(Oc2ccc(C)cc2CC(=O)O)c(Cl)c1. The van der Waals surface area contributed by atoms with Crippen LogP contribution >= 0.6 is 11.6 Å². The first-order valence-corrected chi connectivity index (χ1v) is 8.07. The van der Waals surface area contributed by atoms with Gasteiger partial charge in [-0.1, -0.05) is 49.2 Å². The monoisotopic (exact) mass is 332 g/mol. The summed E-state index contributed by atoms with van der Waals surface area (Å²) >= 11 is 6.33. The van der Waals surface area contributed by atoms with E-state index in [1.54, 1.807) is 6.07 Å². The number of carboxylic acids is 1. The van der Waals surface area contributed by atoms with Gasteiger partial charge in [-0.25, -0.2) is 0 Å². The topological polar surface area (TPSA) is 46.5 Å². The van der Waals surface area contributed by atoms with Gasteiger partial charge in [0.1, 0.15) is 11.5 Å². The summed E-state index contributed by atoms with van der Waals surface area (Å²) in [6, 6.07) is 11.3. The summed E-state index contributed by atoms with van der Waals surface area (Å²) in [5.41, 5.74) is 2.80. The van der Waals surface area contributed by atoms with Crippen molar-refractivity contribution in [3.8, 4) is 11.5 Å². The first kappa shape index (κ1) is 17.4. The predicted molar refractivity (Wildman–Crippen MR) is 92.8 cm³/mol. The summed E-state index contributed by atoms with van der Waals surface area (Å²) in [5.74, 6) is 0.604. The van der Waals surface area contributed by atoms with Crippen molar-refractivity contribution in [3.63, 3.8) is 0 Å². The first-order valence-electron chi connectivity index (χ1n) is 7.69. The molecule has 3 nitrogen and oxygen atoms in total. The van der Waals surface area contributed by atoms with Gasteiger partial charge in [-0.15, -0.1) is 0 Å². The molecule has 0 spiro atoms. The summed E-state index contributed by atoms with van der Waals surface area (Å²) in [5, 5.41) is 9.58. The van der Waals surface area contributed by atoms with Crippen LogP contribution < -0.4 is 4.74 Å². The molecule has 0 saturated heterocycles. The van der Waals surface area contributed by atoms with E-state index in [2.05, 4.69) is 13.8 Å². The molecule has 1 N–H and O–H groups in total. The molecule has 0 amide bonds. The molecule has 0 heterocycles. The minimum absolute atomic E-state index is 0.0837. The highest BCUT2D eigenvalue weighted by Crippen LogP contribution is 2.34. The van der Waals surface area contributed by atoms with E-state index in [1.807, 2.05) is 37.3 Å². The van der Waals surface area contributed by atoms with Gasteiger partial charge in [0.05, 0.1) is 11.4 Å². The van der Waals surface area contributed by atoms with Crippen LogP contribution in [0, 0.1) is 6.92 Å². The molecular weight excluding hydrogens is 312 g/mol. The van der Waals surface area contributed by atoms with Crippen molar-refractivity contribution in [1.82, 2.24) is 0 Å². The standard InChI is InChI=1S/C19H21ClO3/c1-4-13(3)14-6-8-18(16(20)10-14)23-17-7-5-12(2)9-15(17)11-19(21)22/h5-10,13H,4,11H2,1-3H3,(H,21,22)/t13-/m0/s1. The van der Waals surface area contributed by atoms with Crippen molar-refractivity contribution < 1.29 is 14.6 Å². The zero-order valence-corrected chi connectivity index (χ0v) is 14.4. The van der Waals surface area contributed by atoms with Crippen LogP contribution in [0.5, 0.6) is 11.5 Å². The van der Waals surface area contributed by atoms with Crippen molar-refractivity contribution in [2.45, 2.75) is 39.5 Å². The zero-order chi connectivity index (χ0) is 17.0. The quantitative estimate of drug-likeness (QED) is 0.751. The van der Waals surface area contributed by atoms with Crippen molar-refractivity contribution in [1.29, 1.82) is 0 Å². The highest BCUT2D eigenvalue weighted by molar-refractivity contribution is 6.32. The molecule has 0 radical (unpaired) electrons. The van der Waals surface area contributed by atoms with Crippen LogP contribution in [0.2, 0.25) is 5.02 Å². The Kier molecular flexibility index (Phi) is 5.67. The molecule has 1 atom stereocenters. The fourth-order valence-electron chi connectivity index (χ4n) is 2.37. The van der Waals surface area contributed by atoms with Crippen LogP contribution in [0.15, 0.2) is 36.4 Å². The third kappa shape index (κ3) is 4.49. The smallest absolute Gasteiger partial charge is 0.307 e. The van der Waals surface area contributed by atoms with Gasteiger partial charge in [-0.2, -0.15) is 0 Å². The Hall–Kier alpha value is -2.00. The number of carbonyl (C=O) groups is 1. The molecule has 2 aromatic carbocycles. The second-order valence-corrected chi connectivity index (χ2v) is 6.19. The van der Waals surface area contributed by atoms with E-state index < -0.39 is 5.97 Å². The third-order valence-electron chi connectivity index (χ3n) is 3.91. The van der Waals surface area contributed by atoms with Crippen LogP contribution in [-0.4, -0.2) is 11.1 Å². The molecule has 0 aromatic heterocycles. The summed E-state index contributed by atoms with van der Waals surface area (Å²) < 4.78 is 5.87.